The van der Waals surface area contributed by atoms with Gasteiger partial charge in [0.1, 0.15) is 5.75 Å². The lowest BCUT2D eigenvalue weighted by Crippen LogP contribution is -2.41. The molecular formula is C17H19N3O4S. The van der Waals surface area contributed by atoms with Crippen molar-refractivity contribution in [3.05, 3.63) is 40.9 Å². The molecule has 0 radical (unpaired) electrons. The molecule has 1 N–H and O–H groups in total. The number of rotatable bonds is 5. The summed E-state index contributed by atoms with van der Waals surface area (Å²) < 4.78 is 10.3. The van der Waals surface area contributed by atoms with Crippen LogP contribution in [0.1, 0.15) is 16.1 Å². The zero-order valence-electron chi connectivity index (χ0n) is 13.9. The summed E-state index contributed by atoms with van der Waals surface area (Å²) in [7, 11) is 1.57. The number of morpholine rings is 1. The predicted molar refractivity (Wildman–Crippen MR) is 94.2 cm³/mol. The number of hydrogen-bond donors (Lipinski definition) is 1. The van der Waals surface area contributed by atoms with Gasteiger partial charge in [0.15, 0.2) is 5.13 Å². The summed E-state index contributed by atoms with van der Waals surface area (Å²) in [5.74, 6) is 0.472. The number of benzene rings is 1. The number of anilines is 1. The number of hydrogen-bond acceptors (Lipinski definition) is 6. The van der Waals surface area contributed by atoms with E-state index in [1.165, 1.54) is 11.3 Å². The van der Waals surface area contributed by atoms with Crippen LogP contribution in [0, 0.1) is 0 Å². The van der Waals surface area contributed by atoms with Crippen molar-refractivity contribution in [1.29, 1.82) is 0 Å². The van der Waals surface area contributed by atoms with E-state index >= 15 is 0 Å². The summed E-state index contributed by atoms with van der Waals surface area (Å²) >= 11 is 1.31. The molecule has 0 saturated carbocycles. The molecule has 1 aliphatic heterocycles. The van der Waals surface area contributed by atoms with Crippen LogP contribution in [-0.2, 0) is 16.0 Å². The molecule has 0 bridgehead atoms. The Balaban J connectivity index is 1.57. The number of carbonyl (C=O) groups is 2. The van der Waals surface area contributed by atoms with Crippen molar-refractivity contribution in [2.75, 3.05) is 38.7 Å². The van der Waals surface area contributed by atoms with Crippen molar-refractivity contribution >= 4 is 28.3 Å². The number of thiazole rings is 1. The lowest BCUT2D eigenvalue weighted by atomic mass is 10.2. The van der Waals surface area contributed by atoms with E-state index in [1.807, 2.05) is 0 Å². The second kappa shape index (κ2) is 8.09. The second-order valence-electron chi connectivity index (χ2n) is 5.50. The largest absolute Gasteiger partial charge is 0.497 e. The van der Waals surface area contributed by atoms with Crippen molar-refractivity contribution in [3.8, 4) is 5.75 Å². The normalized spacial score (nSPS) is 14.2. The zero-order chi connectivity index (χ0) is 17.6. The number of carbonyl (C=O) groups excluding carboxylic acids is 2. The first kappa shape index (κ1) is 17.4. The molecule has 132 valence electrons. The lowest BCUT2D eigenvalue weighted by molar-refractivity contribution is -0.134. The Morgan fingerprint density at radius 1 is 1.28 bits per heavy atom. The van der Waals surface area contributed by atoms with Gasteiger partial charge in [-0.25, -0.2) is 4.98 Å². The maximum absolute atomic E-state index is 12.2. The standard InChI is InChI=1S/C17H19N3O4S/c1-23-14-4-2-12(3-5-14)16(22)19-17-18-13(11-25-17)10-15(21)20-6-8-24-9-7-20/h2-5,11H,6-10H2,1H3,(H,18,19,22). The van der Waals surface area contributed by atoms with Gasteiger partial charge in [-0.2, -0.15) is 0 Å². The van der Waals surface area contributed by atoms with Crippen LogP contribution in [-0.4, -0.2) is 55.1 Å². The Kier molecular flexibility index (Phi) is 5.62. The fraction of sp³-hybridized carbons (Fsp3) is 0.353. The lowest BCUT2D eigenvalue weighted by Gasteiger charge is -2.26. The molecule has 1 aliphatic rings. The third-order valence-electron chi connectivity index (χ3n) is 3.82. The fourth-order valence-corrected chi connectivity index (χ4v) is 3.14. The van der Waals surface area contributed by atoms with Crippen LogP contribution in [0.5, 0.6) is 5.75 Å². The SMILES string of the molecule is COc1ccc(C(=O)Nc2nc(CC(=O)N3CCOCC3)cs2)cc1. The molecule has 0 unspecified atom stereocenters. The number of methoxy groups -OCH3 is 1. The van der Waals surface area contributed by atoms with E-state index in [2.05, 4.69) is 10.3 Å². The van der Waals surface area contributed by atoms with Crippen molar-refractivity contribution in [1.82, 2.24) is 9.88 Å². The predicted octanol–water partition coefficient (Wildman–Crippen LogP) is 1.81. The molecule has 2 aromatic rings. The minimum absolute atomic E-state index is 0.0293. The summed E-state index contributed by atoms with van der Waals surface area (Å²) in [5, 5.41) is 5.02. The number of aromatic nitrogens is 1. The van der Waals surface area contributed by atoms with Gasteiger partial charge < -0.3 is 14.4 Å². The van der Waals surface area contributed by atoms with Gasteiger partial charge in [0, 0.05) is 24.0 Å². The molecule has 1 aromatic heterocycles. The van der Waals surface area contributed by atoms with Gasteiger partial charge in [-0.3, -0.25) is 14.9 Å². The third-order valence-corrected chi connectivity index (χ3v) is 4.63. The van der Waals surface area contributed by atoms with Gasteiger partial charge in [0.25, 0.3) is 5.91 Å². The highest BCUT2D eigenvalue weighted by atomic mass is 32.1. The molecule has 0 spiro atoms. The van der Waals surface area contributed by atoms with Crippen LogP contribution in [0.2, 0.25) is 0 Å². The van der Waals surface area contributed by atoms with Gasteiger partial charge in [0.05, 0.1) is 32.4 Å². The molecule has 0 aliphatic carbocycles. The van der Waals surface area contributed by atoms with Crippen LogP contribution in [0.15, 0.2) is 29.6 Å². The van der Waals surface area contributed by atoms with Crippen molar-refractivity contribution in [3.63, 3.8) is 0 Å². The molecule has 8 heteroatoms. The Labute approximate surface area is 149 Å². The monoisotopic (exact) mass is 361 g/mol. The Morgan fingerprint density at radius 2 is 2.00 bits per heavy atom. The van der Waals surface area contributed by atoms with E-state index in [-0.39, 0.29) is 18.2 Å². The van der Waals surface area contributed by atoms with E-state index in [0.717, 1.165) is 0 Å². The van der Waals surface area contributed by atoms with Crippen LogP contribution < -0.4 is 10.1 Å². The molecule has 0 atom stereocenters. The average molecular weight is 361 g/mol. The summed E-state index contributed by atoms with van der Waals surface area (Å²) in [5.41, 5.74) is 1.17. The molecule has 1 saturated heterocycles. The van der Waals surface area contributed by atoms with E-state index in [9.17, 15) is 9.59 Å². The minimum atomic E-state index is -0.247. The highest BCUT2D eigenvalue weighted by Gasteiger charge is 2.18. The van der Waals surface area contributed by atoms with Gasteiger partial charge in [0.2, 0.25) is 5.91 Å². The van der Waals surface area contributed by atoms with E-state index in [0.29, 0.717) is 48.4 Å². The van der Waals surface area contributed by atoms with Gasteiger partial charge in [-0.1, -0.05) is 0 Å². The Morgan fingerprint density at radius 3 is 2.68 bits per heavy atom. The molecule has 1 fully saturated rings. The first-order chi connectivity index (χ1) is 12.2. The number of nitrogens with zero attached hydrogens (tertiary/aromatic N) is 2. The second-order valence-corrected chi connectivity index (χ2v) is 6.35. The number of nitrogens with one attached hydrogen (secondary N) is 1. The fourth-order valence-electron chi connectivity index (χ4n) is 2.44. The topological polar surface area (TPSA) is 80.8 Å². The van der Waals surface area contributed by atoms with Crippen LogP contribution in [0.25, 0.3) is 0 Å². The van der Waals surface area contributed by atoms with Crippen LogP contribution in [0.3, 0.4) is 0 Å². The molecule has 25 heavy (non-hydrogen) atoms. The Hall–Kier alpha value is -2.45. The van der Waals surface area contributed by atoms with E-state index < -0.39 is 0 Å². The van der Waals surface area contributed by atoms with Crippen LogP contribution in [0.4, 0.5) is 5.13 Å². The maximum atomic E-state index is 12.2. The maximum Gasteiger partial charge on any atom is 0.257 e. The quantitative estimate of drug-likeness (QED) is 0.878. The molecule has 1 aromatic carbocycles. The Bertz CT molecular complexity index is 739. The molecule has 2 heterocycles. The van der Waals surface area contributed by atoms with Crippen molar-refractivity contribution < 1.29 is 19.1 Å². The average Bonchev–Trinajstić information content (AvgIpc) is 3.09. The molecule has 3 rings (SSSR count). The molecular weight excluding hydrogens is 342 g/mol. The third kappa shape index (κ3) is 4.55. The summed E-state index contributed by atoms with van der Waals surface area (Å²) in [6.45, 7) is 2.38. The number of ether oxygens (including phenoxy) is 2. The smallest absolute Gasteiger partial charge is 0.257 e. The van der Waals surface area contributed by atoms with E-state index in [1.54, 1.807) is 41.7 Å². The highest BCUT2D eigenvalue weighted by Crippen LogP contribution is 2.18. The first-order valence-electron chi connectivity index (χ1n) is 7.91. The molecule has 2 amide bonds. The first-order valence-corrected chi connectivity index (χ1v) is 8.79. The van der Waals surface area contributed by atoms with Gasteiger partial charge in [-0.15, -0.1) is 11.3 Å². The highest BCUT2D eigenvalue weighted by molar-refractivity contribution is 7.14. The van der Waals surface area contributed by atoms with Crippen molar-refractivity contribution in [2.24, 2.45) is 0 Å². The summed E-state index contributed by atoms with van der Waals surface area (Å²) in [6, 6.07) is 6.82. The van der Waals surface area contributed by atoms with Gasteiger partial charge in [-0.05, 0) is 24.3 Å². The summed E-state index contributed by atoms with van der Waals surface area (Å²) in [4.78, 5) is 30.5. The zero-order valence-corrected chi connectivity index (χ0v) is 14.7. The van der Waals surface area contributed by atoms with Gasteiger partial charge >= 0.3 is 0 Å². The molecule has 7 nitrogen and oxygen atoms in total. The van der Waals surface area contributed by atoms with Crippen LogP contribution >= 0.6 is 11.3 Å². The van der Waals surface area contributed by atoms with Crippen molar-refractivity contribution in [2.45, 2.75) is 6.42 Å². The van der Waals surface area contributed by atoms with E-state index in [4.69, 9.17) is 9.47 Å². The number of amides is 2. The summed E-state index contributed by atoms with van der Waals surface area (Å²) in [6.07, 6.45) is 0.231. The minimum Gasteiger partial charge on any atom is -0.497 e.